The highest BCUT2D eigenvalue weighted by Crippen LogP contribution is 2.29. The largest absolute Gasteiger partial charge is 0.383 e. The average molecular weight is 302 g/mol. The summed E-state index contributed by atoms with van der Waals surface area (Å²) < 4.78 is 18.3. The molecule has 1 atom stereocenters. The molecule has 0 aromatic heterocycles. The first kappa shape index (κ1) is 17.4. The molecule has 0 fully saturated rings. The predicted molar refractivity (Wildman–Crippen MR) is 82.9 cm³/mol. The Hall–Kier alpha value is -0.640. The summed E-state index contributed by atoms with van der Waals surface area (Å²) in [4.78, 5) is 0. The summed E-state index contributed by atoms with van der Waals surface area (Å²) in [7, 11) is 1.70. The maximum atomic E-state index is 13.2. The third-order valence-corrected chi connectivity index (χ3v) is 3.79. The van der Waals surface area contributed by atoms with Gasteiger partial charge in [-0.3, -0.25) is 0 Å². The first-order valence-corrected chi connectivity index (χ1v) is 7.52. The van der Waals surface area contributed by atoms with Crippen molar-refractivity contribution in [2.75, 3.05) is 26.8 Å². The zero-order valence-electron chi connectivity index (χ0n) is 12.6. The van der Waals surface area contributed by atoms with Crippen LogP contribution >= 0.6 is 11.6 Å². The molecular formula is C16H25ClFNO. The van der Waals surface area contributed by atoms with E-state index in [-0.39, 0.29) is 16.3 Å². The maximum Gasteiger partial charge on any atom is 0.141 e. The van der Waals surface area contributed by atoms with Gasteiger partial charge in [-0.15, -0.1) is 0 Å². The lowest BCUT2D eigenvalue weighted by Crippen LogP contribution is -2.35. The summed E-state index contributed by atoms with van der Waals surface area (Å²) in [6.45, 7) is 6.92. The van der Waals surface area contributed by atoms with Crippen LogP contribution in [0.4, 0.5) is 4.39 Å². The fourth-order valence-corrected chi connectivity index (χ4v) is 2.75. The van der Waals surface area contributed by atoms with E-state index in [9.17, 15) is 4.39 Å². The number of hydrogen-bond donors (Lipinski definition) is 1. The van der Waals surface area contributed by atoms with E-state index in [0.717, 1.165) is 37.9 Å². The Morgan fingerprint density at radius 2 is 2.15 bits per heavy atom. The van der Waals surface area contributed by atoms with Crippen molar-refractivity contribution in [1.29, 1.82) is 0 Å². The number of halogens is 2. The molecule has 2 nitrogen and oxygen atoms in total. The minimum Gasteiger partial charge on any atom is -0.383 e. The summed E-state index contributed by atoms with van der Waals surface area (Å²) in [5.74, 6) is -0.356. The molecule has 1 rings (SSSR count). The average Bonchev–Trinajstić information content (AvgIpc) is 2.39. The fourth-order valence-electron chi connectivity index (χ4n) is 2.55. The normalized spacial score (nSPS) is 14.2. The first-order chi connectivity index (χ1) is 9.50. The molecular weight excluding hydrogens is 277 g/mol. The summed E-state index contributed by atoms with van der Waals surface area (Å²) in [6.07, 6.45) is 3.13. The van der Waals surface area contributed by atoms with Gasteiger partial charge in [-0.2, -0.15) is 0 Å². The molecule has 1 aromatic rings. The van der Waals surface area contributed by atoms with Gasteiger partial charge in [0.2, 0.25) is 0 Å². The molecule has 4 heteroatoms. The first-order valence-electron chi connectivity index (χ1n) is 7.14. The molecule has 0 spiro atoms. The SMILES string of the molecule is CCCC(C)(CNCCOC)Cc1ccc(F)c(Cl)c1. The molecule has 1 unspecified atom stereocenters. The Balaban J connectivity index is 2.66. The summed E-state index contributed by atoms with van der Waals surface area (Å²) >= 11 is 5.86. The van der Waals surface area contributed by atoms with Crippen LogP contribution in [0.15, 0.2) is 18.2 Å². The quantitative estimate of drug-likeness (QED) is 0.694. The van der Waals surface area contributed by atoms with E-state index < -0.39 is 0 Å². The number of rotatable bonds is 9. The van der Waals surface area contributed by atoms with Gasteiger partial charge in [-0.1, -0.05) is 37.9 Å². The Bertz CT molecular complexity index is 413. The summed E-state index contributed by atoms with van der Waals surface area (Å²) in [6, 6.07) is 5.01. The molecule has 0 aliphatic carbocycles. The molecule has 0 amide bonds. The van der Waals surface area contributed by atoms with Crippen LogP contribution in [0, 0.1) is 11.2 Å². The van der Waals surface area contributed by atoms with E-state index in [1.807, 2.05) is 6.07 Å². The van der Waals surface area contributed by atoms with Gasteiger partial charge in [0.1, 0.15) is 5.82 Å². The third-order valence-electron chi connectivity index (χ3n) is 3.50. The molecule has 0 radical (unpaired) electrons. The van der Waals surface area contributed by atoms with E-state index in [4.69, 9.17) is 16.3 Å². The molecule has 1 N–H and O–H groups in total. The van der Waals surface area contributed by atoms with Crippen LogP contribution in [0.5, 0.6) is 0 Å². The van der Waals surface area contributed by atoms with Crippen LogP contribution in [0.25, 0.3) is 0 Å². The van der Waals surface area contributed by atoms with Gasteiger partial charge in [-0.05, 0) is 36.0 Å². The summed E-state index contributed by atoms with van der Waals surface area (Å²) in [5, 5.41) is 3.63. The highest BCUT2D eigenvalue weighted by Gasteiger charge is 2.23. The third kappa shape index (κ3) is 5.78. The number of methoxy groups -OCH3 is 1. The van der Waals surface area contributed by atoms with Crippen LogP contribution in [-0.2, 0) is 11.2 Å². The highest BCUT2D eigenvalue weighted by atomic mass is 35.5. The van der Waals surface area contributed by atoms with Crippen LogP contribution in [0.3, 0.4) is 0 Å². The number of ether oxygens (including phenoxy) is 1. The smallest absolute Gasteiger partial charge is 0.141 e. The van der Waals surface area contributed by atoms with Crippen molar-refractivity contribution in [3.8, 4) is 0 Å². The van der Waals surface area contributed by atoms with Crippen molar-refractivity contribution in [2.24, 2.45) is 5.41 Å². The molecule has 0 saturated carbocycles. The molecule has 1 aromatic carbocycles. The van der Waals surface area contributed by atoms with Crippen LogP contribution in [-0.4, -0.2) is 26.8 Å². The lowest BCUT2D eigenvalue weighted by molar-refractivity contribution is 0.190. The molecule has 0 bridgehead atoms. The Labute approximate surface area is 126 Å². The van der Waals surface area contributed by atoms with Gasteiger partial charge in [0, 0.05) is 20.2 Å². The molecule has 114 valence electrons. The minimum absolute atomic E-state index is 0.143. The monoisotopic (exact) mass is 301 g/mol. The van der Waals surface area contributed by atoms with Crippen LogP contribution in [0.1, 0.15) is 32.3 Å². The maximum absolute atomic E-state index is 13.2. The van der Waals surface area contributed by atoms with Crippen molar-refractivity contribution in [1.82, 2.24) is 5.32 Å². The zero-order valence-corrected chi connectivity index (χ0v) is 13.4. The predicted octanol–water partition coefficient (Wildman–Crippen LogP) is 4.06. The highest BCUT2D eigenvalue weighted by molar-refractivity contribution is 6.30. The minimum atomic E-state index is -0.356. The summed E-state index contributed by atoms with van der Waals surface area (Å²) in [5.41, 5.74) is 1.23. The number of hydrogen-bond acceptors (Lipinski definition) is 2. The van der Waals surface area contributed by atoms with Gasteiger partial charge in [0.05, 0.1) is 11.6 Å². The lowest BCUT2D eigenvalue weighted by atomic mass is 9.79. The van der Waals surface area contributed by atoms with Crippen LogP contribution < -0.4 is 5.32 Å². The van der Waals surface area contributed by atoms with Crippen molar-refractivity contribution >= 4 is 11.6 Å². The van der Waals surface area contributed by atoms with Gasteiger partial charge in [0.15, 0.2) is 0 Å². The Morgan fingerprint density at radius 3 is 2.75 bits per heavy atom. The van der Waals surface area contributed by atoms with E-state index >= 15 is 0 Å². The van der Waals surface area contributed by atoms with Crippen LogP contribution in [0.2, 0.25) is 5.02 Å². The van der Waals surface area contributed by atoms with Gasteiger partial charge in [0.25, 0.3) is 0 Å². The number of benzene rings is 1. The second-order valence-electron chi connectivity index (χ2n) is 5.66. The van der Waals surface area contributed by atoms with Crippen molar-refractivity contribution < 1.29 is 9.13 Å². The zero-order chi connectivity index (χ0) is 15.0. The topological polar surface area (TPSA) is 21.3 Å². The second kappa shape index (κ2) is 8.60. The molecule has 0 saturated heterocycles. The van der Waals surface area contributed by atoms with E-state index in [2.05, 4.69) is 19.2 Å². The van der Waals surface area contributed by atoms with E-state index in [0.29, 0.717) is 6.61 Å². The fraction of sp³-hybridized carbons (Fsp3) is 0.625. The molecule has 0 aliphatic rings. The van der Waals surface area contributed by atoms with Gasteiger partial charge < -0.3 is 10.1 Å². The molecule has 20 heavy (non-hydrogen) atoms. The van der Waals surface area contributed by atoms with Gasteiger partial charge >= 0.3 is 0 Å². The standard InChI is InChI=1S/C16H25ClFNO/c1-4-7-16(2,12-19-8-9-20-3)11-13-5-6-15(18)14(17)10-13/h5-6,10,19H,4,7-9,11-12H2,1-3H3. The lowest BCUT2D eigenvalue weighted by Gasteiger charge is -2.30. The van der Waals surface area contributed by atoms with Crippen molar-refractivity contribution in [2.45, 2.75) is 33.1 Å². The molecule has 0 aliphatic heterocycles. The molecule has 0 heterocycles. The number of nitrogens with one attached hydrogen (secondary N) is 1. The van der Waals surface area contributed by atoms with Crippen molar-refractivity contribution in [3.63, 3.8) is 0 Å². The van der Waals surface area contributed by atoms with E-state index in [1.165, 1.54) is 6.07 Å². The Morgan fingerprint density at radius 1 is 1.40 bits per heavy atom. The second-order valence-corrected chi connectivity index (χ2v) is 6.06. The van der Waals surface area contributed by atoms with Crippen molar-refractivity contribution in [3.05, 3.63) is 34.6 Å². The Kier molecular flexibility index (Phi) is 7.49. The van der Waals surface area contributed by atoms with E-state index in [1.54, 1.807) is 13.2 Å². The van der Waals surface area contributed by atoms with Gasteiger partial charge in [-0.25, -0.2) is 4.39 Å².